The van der Waals surface area contributed by atoms with Crippen LogP contribution in [0.15, 0.2) is 16.8 Å². The van der Waals surface area contributed by atoms with Crippen LogP contribution in [0.4, 0.5) is 5.69 Å². The van der Waals surface area contributed by atoms with Crippen LogP contribution in [-0.4, -0.2) is 18.0 Å². The van der Waals surface area contributed by atoms with Gasteiger partial charge in [0.2, 0.25) is 5.91 Å². The fourth-order valence-corrected chi connectivity index (χ4v) is 3.74. The first kappa shape index (κ1) is 11.2. The van der Waals surface area contributed by atoms with Crippen LogP contribution >= 0.6 is 11.3 Å². The normalized spacial score (nSPS) is 31.4. The van der Waals surface area contributed by atoms with Gasteiger partial charge in [-0.05, 0) is 43.0 Å². The van der Waals surface area contributed by atoms with Crippen LogP contribution in [0.2, 0.25) is 0 Å². The number of hydrogen-bond donors (Lipinski definition) is 2. The predicted octanol–water partition coefficient (Wildman–Crippen LogP) is 2.61. The van der Waals surface area contributed by atoms with E-state index in [1.165, 1.54) is 25.7 Å². The van der Waals surface area contributed by atoms with Gasteiger partial charge in [-0.25, -0.2) is 0 Å². The topological polar surface area (TPSA) is 41.1 Å². The summed E-state index contributed by atoms with van der Waals surface area (Å²) in [7, 11) is 0. The third-order valence-electron chi connectivity index (χ3n) is 3.85. The van der Waals surface area contributed by atoms with Gasteiger partial charge in [-0.3, -0.25) is 4.79 Å². The first-order valence-electron chi connectivity index (χ1n) is 6.37. The Balaban J connectivity index is 1.51. The minimum atomic E-state index is 0.176. The van der Waals surface area contributed by atoms with Gasteiger partial charge in [-0.15, -0.1) is 0 Å². The maximum Gasteiger partial charge on any atom is 0.224 e. The number of amides is 1. The predicted molar refractivity (Wildman–Crippen MR) is 70.2 cm³/mol. The number of fused-ring (bicyclic) bond motifs is 2. The van der Waals surface area contributed by atoms with Crippen molar-refractivity contribution >= 4 is 22.9 Å². The van der Waals surface area contributed by atoms with Crippen molar-refractivity contribution in [1.82, 2.24) is 5.32 Å². The molecule has 0 aromatic carbocycles. The molecule has 3 heterocycles. The summed E-state index contributed by atoms with van der Waals surface area (Å²) in [6, 6.07) is 3.30. The Hall–Kier alpha value is -0.870. The van der Waals surface area contributed by atoms with Gasteiger partial charge in [0.25, 0.3) is 0 Å². The molecular formula is C13H18N2OS. The number of thiophene rings is 1. The van der Waals surface area contributed by atoms with Gasteiger partial charge < -0.3 is 10.6 Å². The summed E-state index contributed by atoms with van der Waals surface area (Å²) >= 11 is 1.61. The number of rotatable bonds is 3. The van der Waals surface area contributed by atoms with E-state index < -0.39 is 0 Å². The van der Waals surface area contributed by atoms with Crippen molar-refractivity contribution in [2.45, 2.75) is 44.2 Å². The third kappa shape index (κ3) is 2.69. The second kappa shape index (κ2) is 4.78. The largest absolute Gasteiger partial charge is 0.325 e. The summed E-state index contributed by atoms with van der Waals surface area (Å²) in [5.74, 6) is 0.752. The lowest BCUT2D eigenvalue weighted by Crippen LogP contribution is -2.39. The molecule has 2 aliphatic rings. The van der Waals surface area contributed by atoms with E-state index in [9.17, 15) is 4.79 Å². The van der Waals surface area contributed by atoms with Gasteiger partial charge in [0.1, 0.15) is 0 Å². The maximum atomic E-state index is 11.9. The molecular weight excluding hydrogens is 232 g/mol. The molecule has 2 aliphatic heterocycles. The molecule has 0 radical (unpaired) electrons. The van der Waals surface area contributed by atoms with Gasteiger partial charge in [0.15, 0.2) is 0 Å². The zero-order valence-corrected chi connectivity index (χ0v) is 10.6. The van der Waals surface area contributed by atoms with Crippen molar-refractivity contribution in [3.05, 3.63) is 16.8 Å². The van der Waals surface area contributed by atoms with Crippen molar-refractivity contribution in [1.29, 1.82) is 0 Å². The van der Waals surface area contributed by atoms with Gasteiger partial charge in [0.05, 0.1) is 5.69 Å². The Kier molecular flexibility index (Phi) is 3.16. The molecule has 3 nitrogen and oxygen atoms in total. The highest BCUT2D eigenvalue weighted by atomic mass is 32.1. The molecule has 1 aromatic rings. The van der Waals surface area contributed by atoms with E-state index in [-0.39, 0.29) is 5.91 Å². The Morgan fingerprint density at radius 3 is 2.82 bits per heavy atom. The zero-order valence-electron chi connectivity index (χ0n) is 9.82. The average molecular weight is 250 g/mol. The lowest BCUT2D eigenvalue weighted by Gasteiger charge is -2.28. The lowest BCUT2D eigenvalue weighted by atomic mass is 9.89. The number of carbonyl (C=O) groups excluding carboxylic acids is 1. The molecule has 1 aromatic heterocycles. The molecule has 2 unspecified atom stereocenters. The number of anilines is 1. The third-order valence-corrected chi connectivity index (χ3v) is 4.53. The molecule has 1 amide bonds. The van der Waals surface area contributed by atoms with E-state index in [4.69, 9.17) is 0 Å². The van der Waals surface area contributed by atoms with Crippen molar-refractivity contribution in [2.24, 2.45) is 5.92 Å². The van der Waals surface area contributed by atoms with E-state index in [0.29, 0.717) is 24.4 Å². The van der Waals surface area contributed by atoms with Crippen LogP contribution < -0.4 is 10.6 Å². The summed E-state index contributed by atoms with van der Waals surface area (Å²) in [6.45, 7) is 0. The van der Waals surface area contributed by atoms with Crippen molar-refractivity contribution < 1.29 is 4.79 Å². The van der Waals surface area contributed by atoms with Gasteiger partial charge in [-0.2, -0.15) is 11.3 Å². The van der Waals surface area contributed by atoms with Gasteiger partial charge in [-0.1, -0.05) is 0 Å². The van der Waals surface area contributed by atoms with E-state index in [1.54, 1.807) is 11.3 Å². The minimum absolute atomic E-state index is 0.176. The molecule has 2 atom stereocenters. The highest BCUT2D eigenvalue weighted by Crippen LogP contribution is 2.32. The van der Waals surface area contributed by atoms with Crippen LogP contribution in [0.5, 0.6) is 0 Å². The summed E-state index contributed by atoms with van der Waals surface area (Å²) in [5.41, 5.74) is 0.942. The smallest absolute Gasteiger partial charge is 0.224 e. The Morgan fingerprint density at radius 2 is 2.18 bits per heavy atom. The van der Waals surface area contributed by atoms with Gasteiger partial charge >= 0.3 is 0 Å². The molecule has 92 valence electrons. The van der Waals surface area contributed by atoms with Crippen LogP contribution in [0.1, 0.15) is 32.1 Å². The number of nitrogens with one attached hydrogen (secondary N) is 2. The lowest BCUT2D eigenvalue weighted by molar-refractivity contribution is -0.117. The molecule has 4 heteroatoms. The fourth-order valence-electron chi connectivity index (χ4n) is 3.15. The quantitative estimate of drug-likeness (QED) is 0.866. The molecule has 17 heavy (non-hydrogen) atoms. The van der Waals surface area contributed by atoms with Crippen LogP contribution in [0.3, 0.4) is 0 Å². The first-order chi connectivity index (χ1) is 8.29. The standard InChI is InChI=1S/C13H18N2OS/c16-13(15-12-3-4-17-8-12)7-9-5-10-1-2-11(6-9)14-10/h3-4,8-11,14H,1-2,5-7H2,(H,15,16). The average Bonchev–Trinajstić information content (AvgIpc) is 2.89. The highest BCUT2D eigenvalue weighted by Gasteiger charge is 2.34. The molecule has 2 saturated heterocycles. The van der Waals surface area contributed by atoms with E-state index in [0.717, 1.165) is 5.69 Å². The second-order valence-electron chi connectivity index (χ2n) is 5.24. The SMILES string of the molecule is O=C(CC1CC2CCC(C1)N2)Nc1ccsc1. The number of hydrogen-bond acceptors (Lipinski definition) is 3. The van der Waals surface area contributed by atoms with Crippen molar-refractivity contribution in [3.63, 3.8) is 0 Å². The van der Waals surface area contributed by atoms with Crippen LogP contribution in [0.25, 0.3) is 0 Å². The Morgan fingerprint density at radius 1 is 1.41 bits per heavy atom. The molecule has 2 bridgehead atoms. The number of carbonyl (C=O) groups is 1. The van der Waals surface area contributed by atoms with E-state index in [1.807, 2.05) is 16.8 Å². The summed E-state index contributed by atoms with van der Waals surface area (Å²) in [6.07, 6.45) is 5.63. The maximum absolute atomic E-state index is 11.9. The van der Waals surface area contributed by atoms with Crippen LogP contribution in [-0.2, 0) is 4.79 Å². The highest BCUT2D eigenvalue weighted by molar-refractivity contribution is 7.08. The molecule has 0 spiro atoms. The molecule has 2 N–H and O–H groups in total. The Labute approximate surface area is 106 Å². The van der Waals surface area contributed by atoms with E-state index >= 15 is 0 Å². The van der Waals surface area contributed by atoms with E-state index in [2.05, 4.69) is 10.6 Å². The minimum Gasteiger partial charge on any atom is -0.325 e. The molecule has 0 aliphatic carbocycles. The monoisotopic (exact) mass is 250 g/mol. The zero-order chi connectivity index (χ0) is 11.7. The van der Waals surface area contributed by atoms with Crippen molar-refractivity contribution in [2.75, 3.05) is 5.32 Å². The summed E-state index contributed by atoms with van der Waals surface area (Å²) in [4.78, 5) is 11.9. The molecule has 3 rings (SSSR count). The van der Waals surface area contributed by atoms with Crippen molar-refractivity contribution in [3.8, 4) is 0 Å². The molecule has 2 fully saturated rings. The van der Waals surface area contributed by atoms with Crippen LogP contribution in [0, 0.1) is 5.92 Å². The second-order valence-corrected chi connectivity index (χ2v) is 6.02. The summed E-state index contributed by atoms with van der Waals surface area (Å²) < 4.78 is 0. The van der Waals surface area contributed by atoms with Gasteiger partial charge in [0, 0.05) is 23.9 Å². The fraction of sp³-hybridized carbons (Fsp3) is 0.615. The molecule has 0 saturated carbocycles. The number of piperidine rings is 1. The summed E-state index contributed by atoms with van der Waals surface area (Å²) in [5, 5.41) is 10.5. The first-order valence-corrected chi connectivity index (χ1v) is 7.32. The Bertz CT molecular complexity index is 378.